The van der Waals surface area contributed by atoms with Crippen molar-refractivity contribution in [3.63, 3.8) is 0 Å². The molecule has 0 aliphatic carbocycles. The fourth-order valence-electron chi connectivity index (χ4n) is 1.46. The van der Waals surface area contributed by atoms with E-state index in [1.807, 2.05) is 0 Å². The molecule has 0 unspecified atom stereocenters. The number of sulfonamides is 1. The van der Waals surface area contributed by atoms with Crippen LogP contribution in [0.4, 0.5) is 0 Å². The molecule has 2 aromatic rings. The van der Waals surface area contributed by atoms with Gasteiger partial charge in [-0.05, 0) is 0 Å². The molecule has 0 spiro atoms. The molecule has 0 aliphatic rings. The van der Waals surface area contributed by atoms with Gasteiger partial charge in [0.25, 0.3) is 10.0 Å². The zero-order valence-electron chi connectivity index (χ0n) is 9.42. The van der Waals surface area contributed by atoms with E-state index in [-0.39, 0.29) is 23.7 Å². The highest BCUT2D eigenvalue weighted by Crippen LogP contribution is 2.11. The molecule has 0 bridgehead atoms. The van der Waals surface area contributed by atoms with Gasteiger partial charge in [-0.25, -0.2) is 18.1 Å². The van der Waals surface area contributed by atoms with Crippen LogP contribution in [0.5, 0.6) is 0 Å². The van der Waals surface area contributed by atoms with Crippen molar-refractivity contribution in [1.82, 2.24) is 24.9 Å². The Bertz CT molecular complexity index is 590. The first-order valence-electron chi connectivity index (χ1n) is 5.23. The minimum absolute atomic E-state index is 0.102. The Labute approximate surface area is 104 Å². The van der Waals surface area contributed by atoms with E-state index in [1.165, 1.54) is 12.5 Å². The van der Waals surface area contributed by atoms with Crippen LogP contribution in [0.25, 0.3) is 0 Å². The average Bonchev–Trinajstić information content (AvgIpc) is 2.99. The van der Waals surface area contributed by atoms with Gasteiger partial charge in [-0.3, -0.25) is 5.10 Å². The molecule has 0 saturated heterocycles. The summed E-state index contributed by atoms with van der Waals surface area (Å²) in [6.07, 6.45) is 4.94. The third-order valence-corrected chi connectivity index (χ3v) is 3.83. The lowest BCUT2D eigenvalue weighted by Crippen LogP contribution is -2.27. The first-order chi connectivity index (χ1) is 8.63. The molecule has 0 amide bonds. The normalized spacial score (nSPS) is 11.8. The van der Waals surface area contributed by atoms with Crippen LogP contribution in [0.1, 0.15) is 11.3 Å². The fourth-order valence-corrected chi connectivity index (χ4v) is 2.61. The number of aliphatic hydroxyl groups is 1. The van der Waals surface area contributed by atoms with Crippen LogP contribution in [0.2, 0.25) is 0 Å². The molecule has 98 valence electrons. The maximum Gasteiger partial charge on any atom is 0.257 e. The van der Waals surface area contributed by atoms with Gasteiger partial charge in [0, 0.05) is 30.4 Å². The Kier molecular flexibility index (Phi) is 3.75. The minimum atomic E-state index is -3.68. The molecule has 0 saturated carbocycles. The highest BCUT2D eigenvalue weighted by Gasteiger charge is 2.19. The zero-order chi connectivity index (χ0) is 13.0. The van der Waals surface area contributed by atoms with Gasteiger partial charge >= 0.3 is 0 Å². The molecule has 4 N–H and O–H groups in total. The van der Waals surface area contributed by atoms with Crippen LogP contribution in [0.15, 0.2) is 23.7 Å². The van der Waals surface area contributed by atoms with Crippen LogP contribution in [0.3, 0.4) is 0 Å². The lowest BCUT2D eigenvalue weighted by Gasteiger charge is -2.05. The molecule has 0 aromatic carbocycles. The van der Waals surface area contributed by atoms with Gasteiger partial charge in [0.15, 0.2) is 5.03 Å². The number of aromatic nitrogens is 4. The predicted molar refractivity (Wildman–Crippen MR) is 62.0 cm³/mol. The second kappa shape index (κ2) is 5.29. The Balaban J connectivity index is 1.99. The van der Waals surface area contributed by atoms with Gasteiger partial charge in [-0.1, -0.05) is 0 Å². The summed E-state index contributed by atoms with van der Waals surface area (Å²) in [4.78, 5) is 6.71. The van der Waals surface area contributed by atoms with Gasteiger partial charge in [-0.2, -0.15) is 5.10 Å². The standard InChI is InChI=1S/C9H13N5O3S/c15-5-7-3-12-14-9(7)18(16,17)13-2-1-8-4-10-6-11-8/h3-4,6,13,15H,1-2,5H2,(H,10,11)(H,12,14). The Hall–Kier alpha value is -1.71. The number of hydrogen-bond acceptors (Lipinski definition) is 5. The predicted octanol–water partition coefficient (Wildman–Crippen LogP) is -0.854. The maximum absolute atomic E-state index is 11.9. The van der Waals surface area contributed by atoms with E-state index < -0.39 is 10.0 Å². The molecule has 0 atom stereocenters. The number of aliphatic hydroxyl groups excluding tert-OH is 1. The highest BCUT2D eigenvalue weighted by molar-refractivity contribution is 7.89. The number of hydrogen-bond donors (Lipinski definition) is 4. The van der Waals surface area contributed by atoms with E-state index in [2.05, 4.69) is 24.9 Å². The Morgan fingerprint density at radius 3 is 2.89 bits per heavy atom. The molecule has 0 radical (unpaired) electrons. The molecular formula is C9H13N5O3S. The molecule has 9 heteroatoms. The third-order valence-electron chi connectivity index (χ3n) is 2.36. The van der Waals surface area contributed by atoms with E-state index >= 15 is 0 Å². The number of imidazole rings is 1. The van der Waals surface area contributed by atoms with Gasteiger partial charge < -0.3 is 10.1 Å². The van der Waals surface area contributed by atoms with Crippen molar-refractivity contribution in [1.29, 1.82) is 0 Å². The second-order valence-corrected chi connectivity index (χ2v) is 5.31. The first kappa shape index (κ1) is 12.7. The van der Waals surface area contributed by atoms with Crippen LogP contribution < -0.4 is 4.72 Å². The smallest absolute Gasteiger partial charge is 0.257 e. The molecule has 2 aromatic heterocycles. The lowest BCUT2D eigenvalue weighted by molar-refractivity contribution is 0.278. The van der Waals surface area contributed by atoms with Crippen molar-refractivity contribution in [2.24, 2.45) is 0 Å². The second-order valence-electron chi connectivity index (χ2n) is 3.61. The van der Waals surface area contributed by atoms with Crippen LogP contribution >= 0.6 is 0 Å². The number of aromatic amines is 2. The van der Waals surface area contributed by atoms with Crippen molar-refractivity contribution in [2.45, 2.75) is 18.1 Å². The Morgan fingerprint density at radius 1 is 1.39 bits per heavy atom. The summed E-state index contributed by atoms with van der Waals surface area (Å²) in [6.45, 7) is -0.151. The van der Waals surface area contributed by atoms with E-state index in [0.29, 0.717) is 6.42 Å². The lowest BCUT2D eigenvalue weighted by atomic mass is 10.3. The summed E-state index contributed by atoms with van der Waals surface area (Å²) >= 11 is 0. The summed E-state index contributed by atoms with van der Waals surface area (Å²) < 4.78 is 26.2. The van der Waals surface area contributed by atoms with Crippen LogP contribution in [-0.4, -0.2) is 40.2 Å². The molecule has 0 fully saturated rings. The molecule has 2 rings (SSSR count). The highest BCUT2D eigenvalue weighted by atomic mass is 32.2. The van der Waals surface area contributed by atoms with Crippen LogP contribution in [0, 0.1) is 0 Å². The molecule has 8 nitrogen and oxygen atoms in total. The van der Waals surface area contributed by atoms with Crippen LogP contribution in [-0.2, 0) is 23.1 Å². The minimum Gasteiger partial charge on any atom is -0.392 e. The largest absolute Gasteiger partial charge is 0.392 e. The topological polar surface area (TPSA) is 124 Å². The quantitative estimate of drug-likeness (QED) is 0.544. The SMILES string of the molecule is O=S(=O)(NCCc1cnc[nH]1)c1[nH]ncc1CO. The summed E-state index contributed by atoms with van der Waals surface area (Å²) in [5.74, 6) is 0. The summed E-state index contributed by atoms with van der Waals surface area (Å²) in [5.41, 5.74) is 1.08. The van der Waals surface area contributed by atoms with Gasteiger partial charge in [0.2, 0.25) is 0 Å². The number of rotatable bonds is 6. The Morgan fingerprint density at radius 2 is 2.22 bits per heavy atom. The summed E-state index contributed by atoms with van der Waals surface area (Å²) in [7, 11) is -3.68. The summed E-state index contributed by atoms with van der Waals surface area (Å²) in [6, 6.07) is 0. The first-order valence-corrected chi connectivity index (χ1v) is 6.72. The molecular weight excluding hydrogens is 258 g/mol. The van der Waals surface area contributed by atoms with E-state index in [4.69, 9.17) is 5.11 Å². The van der Waals surface area contributed by atoms with Gasteiger partial charge in [0.1, 0.15) is 0 Å². The zero-order valence-corrected chi connectivity index (χ0v) is 10.2. The monoisotopic (exact) mass is 271 g/mol. The fraction of sp³-hybridized carbons (Fsp3) is 0.333. The molecule has 2 heterocycles. The van der Waals surface area contributed by atoms with Crippen molar-refractivity contribution in [2.75, 3.05) is 6.54 Å². The molecule has 0 aliphatic heterocycles. The van der Waals surface area contributed by atoms with Gasteiger partial charge in [-0.15, -0.1) is 0 Å². The van der Waals surface area contributed by atoms with Gasteiger partial charge in [0.05, 0.1) is 19.1 Å². The average molecular weight is 271 g/mol. The van der Waals surface area contributed by atoms with E-state index in [0.717, 1.165) is 5.69 Å². The third kappa shape index (κ3) is 2.75. The molecule has 18 heavy (non-hydrogen) atoms. The number of nitrogens with one attached hydrogen (secondary N) is 3. The van der Waals surface area contributed by atoms with Crippen molar-refractivity contribution < 1.29 is 13.5 Å². The van der Waals surface area contributed by atoms with Crippen molar-refractivity contribution in [3.05, 3.63) is 30.0 Å². The maximum atomic E-state index is 11.9. The van der Waals surface area contributed by atoms with Crippen molar-refractivity contribution >= 4 is 10.0 Å². The number of nitrogens with zero attached hydrogens (tertiary/aromatic N) is 2. The number of H-pyrrole nitrogens is 2. The van der Waals surface area contributed by atoms with E-state index in [9.17, 15) is 8.42 Å². The van der Waals surface area contributed by atoms with Crippen molar-refractivity contribution in [3.8, 4) is 0 Å². The summed E-state index contributed by atoms with van der Waals surface area (Å²) in [5, 5.41) is 14.8. The van der Waals surface area contributed by atoms with E-state index in [1.54, 1.807) is 6.20 Å².